The highest BCUT2D eigenvalue weighted by molar-refractivity contribution is 5.70. The molecule has 0 aliphatic heterocycles. The lowest BCUT2D eigenvalue weighted by atomic mass is 10.3. The van der Waals surface area contributed by atoms with Gasteiger partial charge >= 0.3 is 5.97 Å². The summed E-state index contributed by atoms with van der Waals surface area (Å²) in [6, 6.07) is 0.501. The van der Waals surface area contributed by atoms with Gasteiger partial charge in [0.1, 0.15) is 6.61 Å². The number of hydrogen-bond acceptors (Lipinski definition) is 4. The molecule has 78 valence electrons. The Balaban J connectivity index is 3.04. The van der Waals surface area contributed by atoms with E-state index in [0.717, 1.165) is 13.0 Å². The van der Waals surface area contributed by atoms with Crippen molar-refractivity contribution < 1.29 is 14.3 Å². The molecule has 0 saturated heterocycles. The number of hydrogen-bond donors (Lipinski definition) is 1. The number of ether oxygens (including phenoxy) is 2. The summed E-state index contributed by atoms with van der Waals surface area (Å²) in [5.74, 6) is -0.322. The van der Waals surface area contributed by atoms with Gasteiger partial charge in [-0.05, 0) is 13.0 Å². The van der Waals surface area contributed by atoms with Crippen LogP contribution in [-0.4, -0.2) is 38.9 Å². The number of esters is 1. The van der Waals surface area contributed by atoms with Crippen molar-refractivity contribution in [2.24, 2.45) is 0 Å². The molecule has 0 saturated carbocycles. The van der Waals surface area contributed by atoms with Crippen molar-refractivity contribution in [1.82, 2.24) is 5.32 Å². The molecule has 0 radical (unpaired) electrons. The standard InChI is InChI=1S/C9H19NO3/c1-8(2)10-5-4-6-13-7-9(11)12-3/h8,10H,4-7H2,1-3H3. The third-order valence-electron chi connectivity index (χ3n) is 1.47. The monoisotopic (exact) mass is 189 g/mol. The van der Waals surface area contributed by atoms with Gasteiger partial charge in [-0.3, -0.25) is 0 Å². The fourth-order valence-electron chi connectivity index (χ4n) is 0.779. The molecule has 0 fully saturated rings. The van der Waals surface area contributed by atoms with Crippen LogP contribution in [-0.2, 0) is 14.3 Å². The minimum absolute atomic E-state index is 0.0537. The largest absolute Gasteiger partial charge is 0.467 e. The van der Waals surface area contributed by atoms with Crippen LogP contribution in [0.15, 0.2) is 0 Å². The SMILES string of the molecule is COC(=O)COCCCNC(C)C. The molecule has 0 bridgehead atoms. The van der Waals surface area contributed by atoms with Crippen molar-refractivity contribution in [3.8, 4) is 0 Å². The number of rotatable bonds is 7. The zero-order valence-electron chi connectivity index (χ0n) is 8.63. The maximum atomic E-state index is 10.6. The van der Waals surface area contributed by atoms with E-state index in [4.69, 9.17) is 4.74 Å². The number of nitrogens with one attached hydrogen (secondary N) is 1. The van der Waals surface area contributed by atoms with E-state index in [1.165, 1.54) is 7.11 Å². The molecule has 0 aromatic rings. The van der Waals surface area contributed by atoms with E-state index in [9.17, 15) is 4.79 Å². The van der Waals surface area contributed by atoms with Crippen molar-refractivity contribution in [3.63, 3.8) is 0 Å². The molecule has 0 aliphatic carbocycles. The summed E-state index contributed by atoms with van der Waals surface area (Å²) >= 11 is 0. The molecule has 0 atom stereocenters. The van der Waals surface area contributed by atoms with Gasteiger partial charge in [-0.1, -0.05) is 13.8 Å². The first kappa shape index (κ1) is 12.4. The van der Waals surface area contributed by atoms with E-state index >= 15 is 0 Å². The molecule has 0 heterocycles. The highest BCUT2D eigenvalue weighted by Crippen LogP contribution is 1.84. The van der Waals surface area contributed by atoms with Crippen molar-refractivity contribution >= 4 is 5.97 Å². The molecule has 0 aromatic heterocycles. The molecule has 4 nitrogen and oxygen atoms in total. The predicted octanol–water partition coefficient (Wildman–Crippen LogP) is 0.564. The fraction of sp³-hybridized carbons (Fsp3) is 0.889. The van der Waals surface area contributed by atoms with E-state index in [2.05, 4.69) is 23.9 Å². The molecule has 1 N–H and O–H groups in total. The lowest BCUT2D eigenvalue weighted by molar-refractivity contribution is -0.145. The van der Waals surface area contributed by atoms with Crippen LogP contribution < -0.4 is 5.32 Å². The van der Waals surface area contributed by atoms with Gasteiger partial charge in [-0.25, -0.2) is 4.79 Å². The third-order valence-corrected chi connectivity index (χ3v) is 1.47. The molecule has 4 heteroatoms. The minimum Gasteiger partial charge on any atom is -0.467 e. The second-order valence-corrected chi connectivity index (χ2v) is 3.09. The second-order valence-electron chi connectivity index (χ2n) is 3.09. The summed E-state index contributed by atoms with van der Waals surface area (Å²) in [5.41, 5.74) is 0. The first-order chi connectivity index (χ1) is 6.16. The van der Waals surface area contributed by atoms with Gasteiger partial charge in [-0.15, -0.1) is 0 Å². The maximum absolute atomic E-state index is 10.6. The Morgan fingerprint density at radius 1 is 1.46 bits per heavy atom. The summed E-state index contributed by atoms with van der Waals surface area (Å²) in [7, 11) is 1.35. The average Bonchev–Trinajstić information content (AvgIpc) is 2.10. The molecular weight excluding hydrogens is 170 g/mol. The quantitative estimate of drug-likeness (QED) is 0.469. The first-order valence-corrected chi connectivity index (χ1v) is 4.54. The zero-order valence-corrected chi connectivity index (χ0v) is 8.63. The summed E-state index contributed by atoms with van der Waals surface area (Å²) in [5, 5.41) is 3.25. The lowest BCUT2D eigenvalue weighted by Gasteiger charge is -2.07. The Bertz CT molecular complexity index is 137. The molecule has 0 unspecified atom stereocenters. The summed E-state index contributed by atoms with van der Waals surface area (Å²) in [4.78, 5) is 10.6. The topological polar surface area (TPSA) is 47.6 Å². The molecule has 0 rings (SSSR count). The average molecular weight is 189 g/mol. The van der Waals surface area contributed by atoms with Crippen LogP contribution in [0.5, 0.6) is 0 Å². The highest BCUT2D eigenvalue weighted by Gasteiger charge is 1.98. The van der Waals surface area contributed by atoms with Crippen molar-refractivity contribution in [2.45, 2.75) is 26.3 Å². The molecule has 0 aliphatic rings. The Morgan fingerprint density at radius 2 is 2.15 bits per heavy atom. The van der Waals surface area contributed by atoms with E-state index in [-0.39, 0.29) is 12.6 Å². The fourth-order valence-corrected chi connectivity index (χ4v) is 0.779. The van der Waals surface area contributed by atoms with Crippen LogP contribution >= 0.6 is 0 Å². The zero-order chi connectivity index (χ0) is 10.1. The van der Waals surface area contributed by atoms with E-state index in [0.29, 0.717) is 12.6 Å². The minimum atomic E-state index is -0.322. The van der Waals surface area contributed by atoms with Crippen molar-refractivity contribution in [3.05, 3.63) is 0 Å². The van der Waals surface area contributed by atoms with Crippen LogP contribution in [0.4, 0.5) is 0 Å². The van der Waals surface area contributed by atoms with Gasteiger partial charge in [0.2, 0.25) is 0 Å². The highest BCUT2D eigenvalue weighted by atomic mass is 16.6. The molecule has 0 amide bonds. The second kappa shape index (κ2) is 8.01. The van der Waals surface area contributed by atoms with Crippen molar-refractivity contribution in [2.75, 3.05) is 26.9 Å². The summed E-state index contributed by atoms with van der Waals surface area (Å²) < 4.78 is 9.47. The number of carbonyl (C=O) groups is 1. The van der Waals surface area contributed by atoms with Crippen LogP contribution in [0, 0.1) is 0 Å². The first-order valence-electron chi connectivity index (χ1n) is 4.54. The Morgan fingerprint density at radius 3 is 2.69 bits per heavy atom. The summed E-state index contributed by atoms with van der Waals surface area (Å²) in [6.45, 7) is 5.75. The Labute approximate surface area is 79.6 Å². The van der Waals surface area contributed by atoms with Gasteiger partial charge < -0.3 is 14.8 Å². The van der Waals surface area contributed by atoms with Crippen LogP contribution in [0.2, 0.25) is 0 Å². The number of methoxy groups -OCH3 is 1. The molecular formula is C9H19NO3. The number of carbonyl (C=O) groups excluding carboxylic acids is 1. The van der Waals surface area contributed by atoms with Crippen LogP contribution in [0.3, 0.4) is 0 Å². The Kier molecular flexibility index (Phi) is 7.63. The molecule has 0 aromatic carbocycles. The van der Waals surface area contributed by atoms with Gasteiger partial charge in [0, 0.05) is 12.6 Å². The molecule has 0 spiro atoms. The Hall–Kier alpha value is -0.610. The van der Waals surface area contributed by atoms with Gasteiger partial charge in [0.25, 0.3) is 0 Å². The van der Waals surface area contributed by atoms with E-state index in [1.807, 2.05) is 0 Å². The van der Waals surface area contributed by atoms with Crippen molar-refractivity contribution in [1.29, 1.82) is 0 Å². The van der Waals surface area contributed by atoms with Gasteiger partial charge in [0.05, 0.1) is 7.11 Å². The van der Waals surface area contributed by atoms with Crippen LogP contribution in [0.25, 0.3) is 0 Å². The smallest absolute Gasteiger partial charge is 0.331 e. The normalized spacial score (nSPS) is 10.5. The van der Waals surface area contributed by atoms with E-state index in [1.54, 1.807) is 0 Å². The van der Waals surface area contributed by atoms with E-state index < -0.39 is 0 Å². The maximum Gasteiger partial charge on any atom is 0.331 e. The predicted molar refractivity (Wildman–Crippen MR) is 50.6 cm³/mol. The van der Waals surface area contributed by atoms with Gasteiger partial charge in [0.15, 0.2) is 0 Å². The van der Waals surface area contributed by atoms with Crippen LogP contribution in [0.1, 0.15) is 20.3 Å². The third kappa shape index (κ3) is 9.30. The summed E-state index contributed by atoms with van der Waals surface area (Å²) in [6.07, 6.45) is 0.912. The lowest BCUT2D eigenvalue weighted by Crippen LogP contribution is -2.24. The van der Waals surface area contributed by atoms with Gasteiger partial charge in [-0.2, -0.15) is 0 Å². The molecule has 13 heavy (non-hydrogen) atoms.